The number of nitrogens with zero attached hydrogens (tertiary/aromatic N) is 2. The van der Waals surface area contributed by atoms with Gasteiger partial charge in [0.25, 0.3) is 11.8 Å². The lowest BCUT2D eigenvalue weighted by atomic mass is 9.77. The molecule has 3 fully saturated rings. The van der Waals surface area contributed by atoms with Gasteiger partial charge >= 0.3 is 0 Å². The number of amides is 5. The molecule has 1 unspecified atom stereocenters. The van der Waals surface area contributed by atoms with Crippen molar-refractivity contribution in [3.05, 3.63) is 48.0 Å². The van der Waals surface area contributed by atoms with Crippen LogP contribution in [0.3, 0.4) is 0 Å². The average Bonchev–Trinajstić information content (AvgIpc) is 3.33. The number of hydrogen-bond donors (Lipinski definition) is 3. The molecule has 5 amide bonds. The van der Waals surface area contributed by atoms with Crippen LogP contribution in [0.4, 0.5) is 0 Å². The molecule has 6 atom stereocenters. The molecule has 5 rings (SSSR count). The number of nitrogens with one attached hydrogen (secondary N) is 3. The van der Waals surface area contributed by atoms with E-state index in [0.29, 0.717) is 31.6 Å². The molecule has 2 aliphatic heterocycles. The minimum absolute atomic E-state index is 0.0595. The van der Waals surface area contributed by atoms with E-state index in [1.54, 1.807) is 9.80 Å². The summed E-state index contributed by atoms with van der Waals surface area (Å²) < 4.78 is 0. The Morgan fingerprint density at radius 1 is 1.00 bits per heavy atom. The van der Waals surface area contributed by atoms with Crippen molar-refractivity contribution in [2.75, 3.05) is 19.6 Å². The van der Waals surface area contributed by atoms with Crippen molar-refractivity contribution in [2.24, 2.45) is 39.9 Å². The topological polar surface area (TPSA) is 145 Å². The van der Waals surface area contributed by atoms with E-state index >= 15 is 0 Å². The Bertz CT molecular complexity index is 1600. The summed E-state index contributed by atoms with van der Waals surface area (Å²) in [5, 5.41) is 8.63. The third-order valence-corrected chi connectivity index (χ3v) is 12.2. The SMILES string of the molecule is C=CCNC(=O)C(=O)C(CC1CCC1)NC(=O)[C@@H]1[C@@H]2[C@H](CN1C(=O)[C@@H](CC(=O)N[C@H](CN1Cc3ccccc3C1=O)C(C)(C)C)C(C)(C)C)C2(C)C. The third kappa shape index (κ3) is 8.13. The number of Topliss-reactive ketones (excluding diaryl/α,β-unsaturated/α-hetero) is 1. The summed E-state index contributed by atoms with van der Waals surface area (Å²) in [7, 11) is 0. The zero-order chi connectivity index (χ0) is 38.3. The Morgan fingerprint density at radius 3 is 2.25 bits per heavy atom. The molecule has 284 valence electrons. The first-order valence-corrected chi connectivity index (χ1v) is 19.0. The van der Waals surface area contributed by atoms with Crippen molar-refractivity contribution in [2.45, 2.75) is 112 Å². The van der Waals surface area contributed by atoms with E-state index in [9.17, 15) is 28.8 Å². The van der Waals surface area contributed by atoms with E-state index in [1.807, 2.05) is 65.8 Å². The molecule has 1 aromatic rings. The maximum absolute atomic E-state index is 14.6. The van der Waals surface area contributed by atoms with Gasteiger partial charge in [0.1, 0.15) is 6.04 Å². The Kier molecular flexibility index (Phi) is 11.1. The van der Waals surface area contributed by atoms with Crippen LogP contribution < -0.4 is 16.0 Å². The monoisotopic (exact) mass is 717 g/mol. The van der Waals surface area contributed by atoms with Gasteiger partial charge in [-0.3, -0.25) is 28.8 Å². The number of ketones is 1. The van der Waals surface area contributed by atoms with Crippen LogP contribution in [0, 0.1) is 39.9 Å². The second-order valence-corrected chi connectivity index (χ2v) is 18.3. The molecule has 4 aliphatic rings. The second kappa shape index (κ2) is 14.8. The number of benzene rings is 1. The van der Waals surface area contributed by atoms with Crippen molar-refractivity contribution in [3.8, 4) is 0 Å². The van der Waals surface area contributed by atoms with Gasteiger partial charge in [-0.2, -0.15) is 0 Å². The van der Waals surface area contributed by atoms with Crippen molar-refractivity contribution in [3.63, 3.8) is 0 Å². The van der Waals surface area contributed by atoms with Gasteiger partial charge in [0.2, 0.25) is 23.5 Å². The quantitative estimate of drug-likeness (QED) is 0.194. The van der Waals surface area contributed by atoms with Gasteiger partial charge in [0.15, 0.2) is 0 Å². The molecule has 0 aromatic heterocycles. The van der Waals surface area contributed by atoms with E-state index in [1.165, 1.54) is 6.08 Å². The standard InChI is InChI=1S/C41H59N5O6/c1-10-18-42-36(50)34(48)29(19-24-14-13-15-24)43-35(49)33-32-28(41(32,8)9)22-46(33)38(52)27(39(2,3)4)20-31(47)44-30(40(5,6)7)23-45-21-25-16-11-12-17-26(25)37(45)51/h10-12,16-17,24,27-30,32-33H,1,13-15,18-23H2,2-9H3,(H,42,50)(H,43,49)(H,44,47)/t27-,28+,29?,30-,32+,33+/m1/s1. The highest BCUT2D eigenvalue weighted by Gasteiger charge is 2.70. The lowest BCUT2D eigenvalue weighted by Crippen LogP contribution is -2.57. The highest BCUT2D eigenvalue weighted by atomic mass is 16.2. The highest BCUT2D eigenvalue weighted by molar-refractivity contribution is 6.38. The van der Waals surface area contributed by atoms with E-state index in [-0.39, 0.29) is 65.3 Å². The van der Waals surface area contributed by atoms with Crippen LogP contribution in [-0.4, -0.2) is 82.9 Å². The summed E-state index contributed by atoms with van der Waals surface area (Å²) in [6, 6.07) is 5.35. The highest BCUT2D eigenvalue weighted by Crippen LogP contribution is 2.65. The number of likely N-dealkylation sites (tertiary alicyclic amines) is 1. The molecule has 2 heterocycles. The lowest BCUT2D eigenvalue weighted by Gasteiger charge is -2.39. The van der Waals surface area contributed by atoms with Crippen LogP contribution in [0.2, 0.25) is 0 Å². The number of rotatable bonds is 14. The van der Waals surface area contributed by atoms with Gasteiger partial charge in [0, 0.05) is 38.2 Å². The Labute approximate surface area is 309 Å². The molecule has 11 nitrogen and oxygen atoms in total. The summed E-state index contributed by atoms with van der Waals surface area (Å²) in [5.74, 6) is -3.00. The van der Waals surface area contributed by atoms with E-state index < -0.39 is 41.0 Å². The summed E-state index contributed by atoms with van der Waals surface area (Å²) in [6.45, 7) is 20.9. The average molecular weight is 718 g/mol. The predicted octanol–water partition coefficient (Wildman–Crippen LogP) is 4.26. The normalized spacial score (nSPS) is 23.8. The first kappa shape index (κ1) is 39.2. The number of carbonyl (C=O) groups is 6. The van der Waals surface area contributed by atoms with Gasteiger partial charge in [-0.05, 0) is 52.0 Å². The maximum Gasteiger partial charge on any atom is 0.289 e. The van der Waals surface area contributed by atoms with E-state index in [2.05, 4.69) is 36.4 Å². The van der Waals surface area contributed by atoms with Crippen LogP contribution in [0.1, 0.15) is 103 Å². The molecular weight excluding hydrogens is 658 g/mol. The molecule has 1 aromatic carbocycles. The van der Waals surface area contributed by atoms with Crippen LogP contribution in [0.15, 0.2) is 36.9 Å². The molecule has 0 bridgehead atoms. The van der Waals surface area contributed by atoms with Crippen molar-refractivity contribution in [1.29, 1.82) is 0 Å². The van der Waals surface area contributed by atoms with Gasteiger partial charge in [-0.1, -0.05) is 98.9 Å². The van der Waals surface area contributed by atoms with Gasteiger partial charge in [-0.15, -0.1) is 6.58 Å². The molecular formula is C41H59N5O6. The van der Waals surface area contributed by atoms with Crippen molar-refractivity contribution < 1.29 is 28.8 Å². The summed E-state index contributed by atoms with van der Waals surface area (Å²) in [4.78, 5) is 85.3. The Morgan fingerprint density at radius 2 is 1.67 bits per heavy atom. The zero-order valence-electron chi connectivity index (χ0n) is 32.3. The number of hydrogen-bond acceptors (Lipinski definition) is 6. The third-order valence-electron chi connectivity index (χ3n) is 12.2. The van der Waals surface area contributed by atoms with Gasteiger partial charge in [-0.25, -0.2) is 0 Å². The van der Waals surface area contributed by atoms with E-state index in [4.69, 9.17) is 0 Å². The van der Waals surface area contributed by atoms with Crippen molar-refractivity contribution >= 4 is 35.3 Å². The largest absolute Gasteiger partial charge is 0.351 e. The van der Waals surface area contributed by atoms with Gasteiger partial charge < -0.3 is 25.8 Å². The van der Waals surface area contributed by atoms with Crippen LogP contribution in [0.5, 0.6) is 0 Å². The summed E-state index contributed by atoms with van der Waals surface area (Å²) in [5.41, 5.74) is 0.472. The van der Waals surface area contributed by atoms with E-state index in [0.717, 1.165) is 24.8 Å². The molecule has 0 radical (unpaired) electrons. The first-order chi connectivity index (χ1) is 24.2. The lowest BCUT2D eigenvalue weighted by molar-refractivity contribution is -0.149. The molecule has 11 heteroatoms. The fraction of sp³-hybridized carbons (Fsp3) is 0.659. The predicted molar refractivity (Wildman–Crippen MR) is 198 cm³/mol. The minimum atomic E-state index is -0.991. The second-order valence-electron chi connectivity index (χ2n) is 18.3. The minimum Gasteiger partial charge on any atom is -0.351 e. The first-order valence-electron chi connectivity index (χ1n) is 19.0. The number of piperidine rings is 1. The van der Waals surface area contributed by atoms with Crippen LogP contribution in [0.25, 0.3) is 0 Å². The fourth-order valence-corrected chi connectivity index (χ4v) is 8.40. The Balaban J connectivity index is 1.31. The molecule has 3 N–H and O–H groups in total. The summed E-state index contributed by atoms with van der Waals surface area (Å²) in [6.07, 6.45) is 4.71. The maximum atomic E-state index is 14.6. The van der Waals surface area contributed by atoms with Crippen LogP contribution in [-0.2, 0) is 30.5 Å². The number of fused-ring (bicyclic) bond motifs is 2. The zero-order valence-corrected chi connectivity index (χ0v) is 32.3. The Hall–Kier alpha value is -4.02. The van der Waals surface area contributed by atoms with Gasteiger partial charge in [0.05, 0.1) is 18.0 Å². The molecule has 2 saturated carbocycles. The van der Waals surface area contributed by atoms with Crippen molar-refractivity contribution in [1.82, 2.24) is 25.8 Å². The smallest absolute Gasteiger partial charge is 0.289 e. The molecule has 0 spiro atoms. The number of carbonyl (C=O) groups excluding carboxylic acids is 6. The van der Waals surface area contributed by atoms with Crippen LogP contribution >= 0.6 is 0 Å². The molecule has 1 saturated heterocycles. The summed E-state index contributed by atoms with van der Waals surface area (Å²) >= 11 is 0. The fourth-order valence-electron chi connectivity index (χ4n) is 8.40. The molecule has 52 heavy (non-hydrogen) atoms. The molecule has 2 aliphatic carbocycles.